The summed E-state index contributed by atoms with van der Waals surface area (Å²) in [6.45, 7) is 4.25. The van der Waals surface area contributed by atoms with Gasteiger partial charge in [0.25, 0.3) is 0 Å². The molecule has 1 fully saturated rings. The smallest absolute Gasteiger partial charge is 0.135 e. The van der Waals surface area contributed by atoms with Crippen LogP contribution in [0.2, 0.25) is 0 Å². The van der Waals surface area contributed by atoms with Crippen LogP contribution in [0.3, 0.4) is 0 Å². The van der Waals surface area contributed by atoms with Crippen molar-refractivity contribution in [1.29, 1.82) is 0 Å². The molecule has 1 aromatic rings. The number of hydrogen-bond donors (Lipinski definition) is 1. The molecule has 2 N–H and O–H groups in total. The van der Waals surface area contributed by atoms with Crippen LogP contribution in [0, 0.1) is 5.82 Å². The summed E-state index contributed by atoms with van der Waals surface area (Å²) >= 11 is 4.80. The van der Waals surface area contributed by atoms with Crippen LogP contribution in [0.25, 0.3) is 0 Å². The lowest BCUT2D eigenvalue weighted by Crippen LogP contribution is -2.45. The van der Waals surface area contributed by atoms with Gasteiger partial charge in [0.15, 0.2) is 0 Å². The van der Waals surface area contributed by atoms with Gasteiger partial charge in [0, 0.05) is 17.8 Å². The normalized spacial score (nSPS) is 19.9. The molecule has 0 saturated carbocycles. The molecule has 1 aliphatic rings. The Morgan fingerprint density at radius 1 is 1.61 bits per heavy atom. The molecule has 0 radical (unpaired) electrons. The zero-order valence-electron chi connectivity index (χ0n) is 10.4. The molecular formula is C13H17FN2OS. The average Bonchev–Trinajstić information content (AvgIpc) is 2.38. The molecule has 3 nitrogen and oxygen atoms in total. The highest BCUT2D eigenvalue weighted by Crippen LogP contribution is 2.23. The Hall–Kier alpha value is -1.20. The first-order chi connectivity index (χ1) is 8.63. The molecule has 1 saturated heterocycles. The van der Waals surface area contributed by atoms with E-state index >= 15 is 0 Å². The predicted molar refractivity (Wildman–Crippen MR) is 74.5 cm³/mol. The molecule has 1 heterocycles. The summed E-state index contributed by atoms with van der Waals surface area (Å²) < 4.78 is 19.3. The molecule has 1 aromatic carbocycles. The van der Waals surface area contributed by atoms with Crippen molar-refractivity contribution >= 4 is 22.9 Å². The topological polar surface area (TPSA) is 38.5 Å². The first-order valence-electron chi connectivity index (χ1n) is 6.07. The van der Waals surface area contributed by atoms with E-state index in [2.05, 4.69) is 11.8 Å². The molecule has 5 heteroatoms. The number of ether oxygens (including phenoxy) is 1. The maximum Gasteiger partial charge on any atom is 0.135 e. The van der Waals surface area contributed by atoms with E-state index in [1.165, 1.54) is 6.07 Å². The van der Waals surface area contributed by atoms with E-state index in [0.29, 0.717) is 24.8 Å². The molecule has 2 rings (SSSR count). The van der Waals surface area contributed by atoms with E-state index in [1.54, 1.807) is 6.07 Å². The number of anilines is 1. The first kappa shape index (κ1) is 13.2. The van der Waals surface area contributed by atoms with E-state index in [9.17, 15) is 4.39 Å². The third kappa shape index (κ3) is 2.62. The van der Waals surface area contributed by atoms with Crippen molar-refractivity contribution in [1.82, 2.24) is 0 Å². The van der Waals surface area contributed by atoms with Crippen molar-refractivity contribution in [3.05, 3.63) is 29.6 Å². The molecule has 0 spiro atoms. The van der Waals surface area contributed by atoms with E-state index in [0.717, 1.165) is 18.7 Å². The van der Waals surface area contributed by atoms with Crippen molar-refractivity contribution < 1.29 is 9.13 Å². The van der Waals surface area contributed by atoms with Crippen LogP contribution in [0.5, 0.6) is 0 Å². The van der Waals surface area contributed by atoms with Crippen molar-refractivity contribution in [2.45, 2.75) is 19.4 Å². The minimum Gasteiger partial charge on any atom is -0.389 e. The van der Waals surface area contributed by atoms with Gasteiger partial charge in [-0.3, -0.25) is 0 Å². The third-order valence-electron chi connectivity index (χ3n) is 3.25. The van der Waals surface area contributed by atoms with Crippen molar-refractivity contribution in [2.24, 2.45) is 5.73 Å². The van der Waals surface area contributed by atoms with Gasteiger partial charge in [0.1, 0.15) is 10.8 Å². The van der Waals surface area contributed by atoms with Gasteiger partial charge in [-0.1, -0.05) is 19.1 Å². The highest BCUT2D eigenvalue weighted by atomic mass is 32.1. The number of rotatable bonds is 3. The number of morpholine rings is 1. The SMILES string of the molecule is CCC1COCCN1c1ccc(C(N)=S)c(F)c1. The van der Waals surface area contributed by atoms with Crippen LogP contribution in [-0.4, -0.2) is 30.8 Å². The number of halogens is 1. The number of nitrogens with two attached hydrogens (primary N) is 1. The molecule has 18 heavy (non-hydrogen) atoms. The lowest BCUT2D eigenvalue weighted by atomic mass is 10.1. The van der Waals surface area contributed by atoms with Crippen LogP contribution >= 0.6 is 12.2 Å². The number of thiocarbonyl (C=S) groups is 1. The summed E-state index contributed by atoms with van der Waals surface area (Å²) in [6, 6.07) is 5.32. The first-order valence-corrected chi connectivity index (χ1v) is 6.48. The lowest BCUT2D eigenvalue weighted by molar-refractivity contribution is 0.0929. The second-order valence-electron chi connectivity index (χ2n) is 4.36. The molecule has 1 aliphatic heterocycles. The third-order valence-corrected chi connectivity index (χ3v) is 3.47. The number of nitrogens with zero attached hydrogens (tertiary/aromatic N) is 1. The van der Waals surface area contributed by atoms with Crippen molar-refractivity contribution in [3.63, 3.8) is 0 Å². The number of hydrogen-bond acceptors (Lipinski definition) is 3. The Morgan fingerprint density at radius 3 is 3.00 bits per heavy atom. The highest BCUT2D eigenvalue weighted by Gasteiger charge is 2.22. The summed E-state index contributed by atoms with van der Waals surface area (Å²) in [5, 5.41) is 0. The molecule has 98 valence electrons. The molecule has 1 atom stereocenters. The quantitative estimate of drug-likeness (QED) is 0.852. The zero-order chi connectivity index (χ0) is 13.1. The maximum absolute atomic E-state index is 13.9. The Bertz CT molecular complexity index is 453. The minimum absolute atomic E-state index is 0.0908. The molecule has 0 aromatic heterocycles. The second kappa shape index (κ2) is 5.63. The summed E-state index contributed by atoms with van der Waals surface area (Å²) in [7, 11) is 0. The van der Waals surface area contributed by atoms with Gasteiger partial charge < -0.3 is 15.4 Å². The second-order valence-corrected chi connectivity index (χ2v) is 4.80. The van der Waals surface area contributed by atoms with E-state index in [1.807, 2.05) is 6.07 Å². The fraction of sp³-hybridized carbons (Fsp3) is 0.462. The largest absolute Gasteiger partial charge is 0.389 e. The Labute approximate surface area is 112 Å². The van der Waals surface area contributed by atoms with E-state index < -0.39 is 0 Å². The van der Waals surface area contributed by atoms with Crippen LogP contribution < -0.4 is 10.6 Å². The zero-order valence-corrected chi connectivity index (χ0v) is 11.2. The molecule has 0 amide bonds. The molecule has 1 unspecified atom stereocenters. The Balaban J connectivity index is 2.27. The predicted octanol–water partition coefficient (Wildman–Crippen LogP) is 2.08. The van der Waals surface area contributed by atoms with Crippen LogP contribution in [0.4, 0.5) is 10.1 Å². The molecule has 0 aliphatic carbocycles. The molecule has 0 bridgehead atoms. The Kier molecular flexibility index (Phi) is 4.14. The van der Waals surface area contributed by atoms with Gasteiger partial charge >= 0.3 is 0 Å². The Morgan fingerprint density at radius 2 is 2.39 bits per heavy atom. The van der Waals surface area contributed by atoms with Crippen LogP contribution in [-0.2, 0) is 4.74 Å². The van der Waals surface area contributed by atoms with Crippen molar-refractivity contribution in [3.8, 4) is 0 Å². The van der Waals surface area contributed by atoms with Gasteiger partial charge in [0.05, 0.1) is 19.3 Å². The van der Waals surface area contributed by atoms with Gasteiger partial charge in [0.2, 0.25) is 0 Å². The number of benzene rings is 1. The van der Waals surface area contributed by atoms with Crippen LogP contribution in [0.15, 0.2) is 18.2 Å². The standard InChI is InChI=1S/C13H17FN2OS/c1-2-9-8-17-6-5-16(9)10-3-4-11(13(15)18)12(14)7-10/h3-4,7,9H,2,5-6,8H2,1H3,(H2,15,18). The lowest BCUT2D eigenvalue weighted by Gasteiger charge is -2.37. The summed E-state index contributed by atoms with van der Waals surface area (Å²) in [5.74, 6) is -0.360. The maximum atomic E-state index is 13.9. The van der Waals surface area contributed by atoms with E-state index in [4.69, 9.17) is 22.7 Å². The molecular weight excluding hydrogens is 251 g/mol. The van der Waals surface area contributed by atoms with Gasteiger partial charge in [-0.15, -0.1) is 0 Å². The van der Waals surface area contributed by atoms with Gasteiger partial charge in [-0.05, 0) is 24.6 Å². The van der Waals surface area contributed by atoms with Gasteiger partial charge in [-0.2, -0.15) is 0 Å². The van der Waals surface area contributed by atoms with Gasteiger partial charge in [-0.25, -0.2) is 4.39 Å². The highest BCUT2D eigenvalue weighted by molar-refractivity contribution is 7.80. The summed E-state index contributed by atoms with van der Waals surface area (Å²) in [5.41, 5.74) is 6.62. The van der Waals surface area contributed by atoms with Crippen molar-refractivity contribution in [2.75, 3.05) is 24.7 Å². The fourth-order valence-corrected chi connectivity index (χ4v) is 2.38. The fourth-order valence-electron chi connectivity index (χ4n) is 2.22. The van der Waals surface area contributed by atoms with E-state index in [-0.39, 0.29) is 10.8 Å². The average molecular weight is 268 g/mol. The van der Waals surface area contributed by atoms with Crippen LogP contribution in [0.1, 0.15) is 18.9 Å². The summed E-state index contributed by atoms with van der Waals surface area (Å²) in [6.07, 6.45) is 0.971. The summed E-state index contributed by atoms with van der Waals surface area (Å²) in [4.78, 5) is 2.27. The minimum atomic E-state index is -0.360. The monoisotopic (exact) mass is 268 g/mol.